The zero-order chi connectivity index (χ0) is 14.5. The molecule has 2 unspecified atom stereocenters. The number of aliphatic hydroxyl groups excluding tert-OH is 1. The third-order valence-corrected chi connectivity index (χ3v) is 3.70. The Bertz CT molecular complexity index is 479. The number of halogens is 2. The molecule has 0 radical (unpaired) electrons. The summed E-state index contributed by atoms with van der Waals surface area (Å²) in [7, 11) is 0. The van der Waals surface area contributed by atoms with E-state index in [0.29, 0.717) is 18.4 Å². The summed E-state index contributed by atoms with van der Waals surface area (Å²) in [5.74, 6) is -1.95. The van der Waals surface area contributed by atoms with Crippen LogP contribution in [0.3, 0.4) is 0 Å². The molecule has 0 aliphatic heterocycles. The monoisotopic (exact) mass is 283 g/mol. The van der Waals surface area contributed by atoms with E-state index in [-0.39, 0.29) is 18.4 Å². The molecule has 0 heterocycles. The maximum absolute atomic E-state index is 13.0. The summed E-state index contributed by atoms with van der Waals surface area (Å²) >= 11 is 0. The number of carbonyl (C=O) groups excluding carboxylic acids is 1. The topological polar surface area (TPSA) is 49.3 Å². The van der Waals surface area contributed by atoms with E-state index in [2.05, 4.69) is 5.32 Å². The van der Waals surface area contributed by atoms with Gasteiger partial charge in [-0.05, 0) is 37.0 Å². The minimum Gasteiger partial charge on any atom is -0.391 e. The van der Waals surface area contributed by atoms with Crippen molar-refractivity contribution in [3.63, 3.8) is 0 Å². The van der Waals surface area contributed by atoms with Gasteiger partial charge in [-0.25, -0.2) is 8.78 Å². The van der Waals surface area contributed by atoms with Gasteiger partial charge in [-0.15, -0.1) is 0 Å². The van der Waals surface area contributed by atoms with Crippen LogP contribution < -0.4 is 5.32 Å². The molecule has 1 aromatic carbocycles. The molecule has 2 N–H and O–H groups in total. The van der Waals surface area contributed by atoms with Gasteiger partial charge in [0, 0.05) is 6.42 Å². The highest BCUT2D eigenvalue weighted by Crippen LogP contribution is 2.18. The maximum atomic E-state index is 13.0. The maximum Gasteiger partial charge on any atom is 0.220 e. The third kappa shape index (κ3) is 4.00. The van der Waals surface area contributed by atoms with Crippen molar-refractivity contribution in [3.8, 4) is 0 Å². The van der Waals surface area contributed by atoms with Crippen molar-refractivity contribution in [2.45, 2.75) is 50.7 Å². The molecule has 1 fully saturated rings. The van der Waals surface area contributed by atoms with Crippen molar-refractivity contribution < 1.29 is 18.7 Å². The van der Waals surface area contributed by atoms with Crippen molar-refractivity contribution in [2.75, 3.05) is 0 Å². The Balaban J connectivity index is 1.81. The number of nitrogens with one attached hydrogen (secondary N) is 1. The third-order valence-electron chi connectivity index (χ3n) is 3.70. The number of hydrogen-bond acceptors (Lipinski definition) is 2. The summed E-state index contributed by atoms with van der Waals surface area (Å²) in [5, 5.41) is 12.6. The molecule has 1 aliphatic rings. The Kier molecular flexibility index (Phi) is 5.06. The molecule has 2 atom stereocenters. The summed E-state index contributed by atoms with van der Waals surface area (Å²) in [6.07, 6.45) is 3.58. The van der Waals surface area contributed by atoms with Gasteiger partial charge in [-0.1, -0.05) is 18.9 Å². The molecule has 0 spiro atoms. The average molecular weight is 283 g/mol. The van der Waals surface area contributed by atoms with Gasteiger partial charge >= 0.3 is 0 Å². The normalized spacial score (nSPS) is 22.6. The number of hydrogen-bond donors (Lipinski definition) is 2. The van der Waals surface area contributed by atoms with Crippen LogP contribution in [0.2, 0.25) is 0 Å². The first-order chi connectivity index (χ1) is 9.56. The highest BCUT2D eigenvalue weighted by Gasteiger charge is 2.24. The molecule has 5 heteroatoms. The lowest BCUT2D eigenvalue weighted by Crippen LogP contribution is -2.45. The lowest BCUT2D eigenvalue weighted by molar-refractivity contribution is -0.123. The number of amides is 1. The Morgan fingerprint density at radius 3 is 2.70 bits per heavy atom. The summed E-state index contributed by atoms with van der Waals surface area (Å²) in [4.78, 5) is 11.8. The van der Waals surface area contributed by atoms with Gasteiger partial charge in [0.2, 0.25) is 5.91 Å². The molecule has 110 valence electrons. The quantitative estimate of drug-likeness (QED) is 0.891. The van der Waals surface area contributed by atoms with Crippen molar-refractivity contribution in [1.82, 2.24) is 5.32 Å². The number of carbonyl (C=O) groups is 1. The predicted octanol–water partition coefficient (Wildman–Crippen LogP) is 2.32. The number of rotatable bonds is 4. The van der Waals surface area contributed by atoms with E-state index in [1.807, 2.05) is 0 Å². The van der Waals surface area contributed by atoms with Crippen molar-refractivity contribution in [2.24, 2.45) is 0 Å². The first kappa shape index (κ1) is 14.9. The second-order valence-corrected chi connectivity index (χ2v) is 5.27. The second-order valence-electron chi connectivity index (χ2n) is 5.27. The van der Waals surface area contributed by atoms with E-state index in [4.69, 9.17) is 0 Å². The van der Waals surface area contributed by atoms with Gasteiger partial charge in [0.25, 0.3) is 0 Å². The molecule has 1 amide bonds. The summed E-state index contributed by atoms with van der Waals surface area (Å²) in [6.45, 7) is 0. The smallest absolute Gasteiger partial charge is 0.220 e. The zero-order valence-corrected chi connectivity index (χ0v) is 11.2. The minimum atomic E-state index is -0.898. The Labute approximate surface area is 117 Å². The van der Waals surface area contributed by atoms with E-state index in [9.17, 15) is 18.7 Å². The Morgan fingerprint density at radius 2 is 2.00 bits per heavy atom. The predicted molar refractivity (Wildman–Crippen MR) is 71.1 cm³/mol. The van der Waals surface area contributed by atoms with E-state index in [1.165, 1.54) is 6.07 Å². The van der Waals surface area contributed by atoms with Crippen LogP contribution >= 0.6 is 0 Å². The minimum absolute atomic E-state index is 0.166. The van der Waals surface area contributed by atoms with E-state index >= 15 is 0 Å². The van der Waals surface area contributed by atoms with Crippen LogP contribution in [0.1, 0.15) is 37.7 Å². The van der Waals surface area contributed by atoms with Gasteiger partial charge in [-0.2, -0.15) is 0 Å². The van der Waals surface area contributed by atoms with Gasteiger partial charge in [0.1, 0.15) is 0 Å². The first-order valence-corrected chi connectivity index (χ1v) is 6.97. The van der Waals surface area contributed by atoms with E-state index < -0.39 is 17.7 Å². The highest BCUT2D eigenvalue weighted by atomic mass is 19.2. The first-order valence-electron chi connectivity index (χ1n) is 6.97. The molecule has 3 nitrogen and oxygen atoms in total. The van der Waals surface area contributed by atoms with Gasteiger partial charge in [0.05, 0.1) is 12.1 Å². The van der Waals surface area contributed by atoms with Gasteiger partial charge < -0.3 is 10.4 Å². The summed E-state index contributed by atoms with van der Waals surface area (Å²) < 4.78 is 25.8. The zero-order valence-electron chi connectivity index (χ0n) is 11.2. The lowest BCUT2D eigenvalue weighted by Gasteiger charge is -2.28. The molecular weight excluding hydrogens is 264 g/mol. The Morgan fingerprint density at radius 1 is 1.25 bits per heavy atom. The van der Waals surface area contributed by atoms with Crippen LogP contribution in [-0.2, 0) is 11.2 Å². The van der Waals surface area contributed by atoms with Gasteiger partial charge in [0.15, 0.2) is 11.6 Å². The molecule has 1 aliphatic carbocycles. The molecule has 0 saturated heterocycles. The molecule has 0 aromatic heterocycles. The van der Waals surface area contributed by atoms with Crippen LogP contribution in [0.25, 0.3) is 0 Å². The molecule has 20 heavy (non-hydrogen) atoms. The standard InChI is InChI=1S/C15H19F2NO2/c16-11-7-5-10(9-12(11)17)6-8-15(20)18-13-3-1-2-4-14(13)19/h5,7,9,13-14,19H,1-4,6,8H2,(H,18,20). The molecular formula is C15H19F2NO2. The molecule has 2 rings (SSSR count). The molecule has 0 bridgehead atoms. The van der Waals surface area contributed by atoms with Crippen molar-refractivity contribution >= 4 is 5.91 Å². The SMILES string of the molecule is O=C(CCc1ccc(F)c(F)c1)NC1CCCCC1O. The fourth-order valence-corrected chi connectivity index (χ4v) is 2.51. The summed E-state index contributed by atoms with van der Waals surface area (Å²) in [6, 6.07) is 3.47. The van der Waals surface area contributed by atoms with E-state index in [1.54, 1.807) is 0 Å². The number of aryl methyl sites for hydroxylation is 1. The molecule has 1 aromatic rings. The van der Waals surface area contributed by atoms with Crippen LogP contribution in [0, 0.1) is 11.6 Å². The average Bonchev–Trinajstić information content (AvgIpc) is 2.43. The fraction of sp³-hybridized carbons (Fsp3) is 0.533. The van der Waals surface area contributed by atoms with Crippen molar-refractivity contribution in [3.05, 3.63) is 35.4 Å². The van der Waals surface area contributed by atoms with Crippen molar-refractivity contribution in [1.29, 1.82) is 0 Å². The largest absolute Gasteiger partial charge is 0.391 e. The second kappa shape index (κ2) is 6.79. The highest BCUT2D eigenvalue weighted by molar-refractivity contribution is 5.76. The molecule has 1 saturated carbocycles. The number of aliphatic hydroxyl groups is 1. The summed E-state index contributed by atoms with van der Waals surface area (Å²) in [5.41, 5.74) is 0.586. The Hall–Kier alpha value is -1.49. The van der Waals surface area contributed by atoms with Crippen LogP contribution in [0.4, 0.5) is 8.78 Å². The van der Waals surface area contributed by atoms with Gasteiger partial charge in [-0.3, -0.25) is 4.79 Å². The lowest BCUT2D eigenvalue weighted by atomic mass is 9.92. The van der Waals surface area contributed by atoms with Crippen LogP contribution in [-0.4, -0.2) is 23.2 Å². The van der Waals surface area contributed by atoms with Crippen LogP contribution in [0.5, 0.6) is 0 Å². The van der Waals surface area contributed by atoms with Crippen LogP contribution in [0.15, 0.2) is 18.2 Å². The fourth-order valence-electron chi connectivity index (χ4n) is 2.51. The number of benzene rings is 1. The van der Waals surface area contributed by atoms with E-state index in [0.717, 1.165) is 31.4 Å².